The van der Waals surface area contributed by atoms with Crippen LogP contribution in [0.5, 0.6) is 0 Å². The van der Waals surface area contributed by atoms with Gasteiger partial charge in [0, 0.05) is 34.2 Å². The van der Waals surface area contributed by atoms with E-state index in [9.17, 15) is 4.79 Å². The van der Waals surface area contributed by atoms with E-state index in [1.165, 1.54) is 4.88 Å². The lowest BCUT2D eigenvalue weighted by Crippen LogP contribution is -2.27. The molecule has 1 aliphatic heterocycles. The minimum Gasteiger partial charge on any atom is -0.396 e. The van der Waals surface area contributed by atoms with Gasteiger partial charge in [0.2, 0.25) is 5.91 Å². The Labute approximate surface area is 189 Å². The van der Waals surface area contributed by atoms with Crippen LogP contribution in [0.1, 0.15) is 52.1 Å². The Balaban J connectivity index is 1.85. The summed E-state index contributed by atoms with van der Waals surface area (Å²) in [6, 6.07) is 7.12. The molecule has 31 heavy (non-hydrogen) atoms. The number of carbonyl (C=O) groups is 1. The first-order valence-electron chi connectivity index (χ1n) is 10.1. The number of aliphatic hydroxyl groups excluding tert-OH is 1. The second kappa shape index (κ2) is 8.90. The maximum atomic E-state index is 12.6. The first-order chi connectivity index (χ1) is 14.9. The second-order valence-electron chi connectivity index (χ2n) is 7.54. The number of aromatic nitrogens is 3. The van der Waals surface area contributed by atoms with Crippen molar-refractivity contribution in [3.63, 3.8) is 0 Å². The van der Waals surface area contributed by atoms with Crippen molar-refractivity contribution in [1.82, 2.24) is 20.1 Å². The lowest BCUT2D eigenvalue weighted by molar-refractivity contribution is -0.121. The Morgan fingerprint density at radius 1 is 1.23 bits per heavy atom. The van der Waals surface area contributed by atoms with Gasteiger partial charge in [0.1, 0.15) is 16.9 Å². The van der Waals surface area contributed by atoms with E-state index in [0.717, 1.165) is 33.2 Å². The van der Waals surface area contributed by atoms with Crippen LogP contribution in [0, 0.1) is 20.8 Å². The van der Waals surface area contributed by atoms with E-state index < -0.39 is 6.04 Å². The lowest BCUT2D eigenvalue weighted by Gasteiger charge is -2.13. The summed E-state index contributed by atoms with van der Waals surface area (Å²) in [7, 11) is 0. The van der Waals surface area contributed by atoms with Gasteiger partial charge in [-0.05, 0) is 44.9 Å². The number of aliphatic imine (C=N–C) groups is 1. The molecule has 1 aliphatic rings. The molecular formula is C22H24ClN5O2S. The molecule has 3 aromatic rings. The molecule has 1 aromatic carbocycles. The number of benzene rings is 1. The summed E-state index contributed by atoms with van der Waals surface area (Å²) in [5.41, 5.74) is 3.96. The van der Waals surface area contributed by atoms with E-state index in [2.05, 4.69) is 29.4 Å². The normalized spacial score (nSPS) is 15.1. The van der Waals surface area contributed by atoms with Crippen molar-refractivity contribution in [3.05, 3.63) is 62.5 Å². The SMILES string of the molecule is Cc1sc2c(c1C)C(c1ccc(Cl)cc1)=NC(CC(=O)NCCCO)c1nnc(C)n1-2. The van der Waals surface area contributed by atoms with Crippen molar-refractivity contribution in [2.45, 2.75) is 39.7 Å². The van der Waals surface area contributed by atoms with Crippen LogP contribution in [0.4, 0.5) is 0 Å². The van der Waals surface area contributed by atoms with E-state index in [0.29, 0.717) is 23.8 Å². The van der Waals surface area contributed by atoms with Gasteiger partial charge in [-0.25, -0.2) is 0 Å². The number of hydrogen-bond acceptors (Lipinski definition) is 6. The number of nitrogens with zero attached hydrogens (tertiary/aromatic N) is 4. The number of nitrogens with one attached hydrogen (secondary N) is 1. The Kier molecular flexibility index (Phi) is 6.22. The molecule has 9 heteroatoms. The molecule has 1 atom stereocenters. The van der Waals surface area contributed by atoms with Crippen LogP contribution in [0.25, 0.3) is 5.00 Å². The number of halogens is 1. The summed E-state index contributed by atoms with van der Waals surface area (Å²) in [6.07, 6.45) is 0.661. The molecule has 3 heterocycles. The largest absolute Gasteiger partial charge is 0.396 e. The summed E-state index contributed by atoms with van der Waals surface area (Å²) >= 11 is 7.80. The molecule has 0 radical (unpaired) electrons. The van der Waals surface area contributed by atoms with E-state index in [1.54, 1.807) is 11.3 Å². The van der Waals surface area contributed by atoms with Crippen LogP contribution in [0.15, 0.2) is 29.3 Å². The van der Waals surface area contributed by atoms with E-state index >= 15 is 0 Å². The van der Waals surface area contributed by atoms with Crippen LogP contribution < -0.4 is 5.32 Å². The minimum atomic E-state index is -0.486. The van der Waals surface area contributed by atoms with Gasteiger partial charge in [-0.2, -0.15) is 0 Å². The number of hydrogen-bond donors (Lipinski definition) is 2. The third kappa shape index (κ3) is 4.15. The molecule has 1 unspecified atom stereocenters. The maximum Gasteiger partial charge on any atom is 0.222 e. The zero-order valence-corrected chi connectivity index (χ0v) is 19.2. The molecule has 0 saturated heterocycles. The van der Waals surface area contributed by atoms with E-state index in [1.807, 2.05) is 35.8 Å². The van der Waals surface area contributed by atoms with Gasteiger partial charge in [0.15, 0.2) is 5.82 Å². The highest BCUT2D eigenvalue weighted by Gasteiger charge is 2.32. The number of amides is 1. The summed E-state index contributed by atoms with van der Waals surface area (Å²) in [5, 5.41) is 22.2. The summed E-state index contributed by atoms with van der Waals surface area (Å²) in [4.78, 5) is 18.9. The highest BCUT2D eigenvalue weighted by molar-refractivity contribution is 7.15. The Bertz CT molecular complexity index is 1150. The summed E-state index contributed by atoms with van der Waals surface area (Å²) in [6.45, 7) is 6.56. The average molecular weight is 458 g/mol. The van der Waals surface area contributed by atoms with E-state index in [4.69, 9.17) is 21.7 Å². The lowest BCUT2D eigenvalue weighted by atomic mass is 9.99. The fourth-order valence-electron chi connectivity index (χ4n) is 3.69. The fourth-order valence-corrected chi connectivity index (χ4v) is 5.03. The van der Waals surface area contributed by atoms with Gasteiger partial charge in [-0.1, -0.05) is 23.7 Å². The average Bonchev–Trinajstić information content (AvgIpc) is 3.21. The number of rotatable bonds is 6. The zero-order valence-electron chi connectivity index (χ0n) is 17.6. The molecule has 0 saturated carbocycles. The van der Waals surface area contributed by atoms with Gasteiger partial charge in [0.25, 0.3) is 0 Å². The minimum absolute atomic E-state index is 0.0366. The molecule has 1 amide bonds. The quantitative estimate of drug-likeness (QED) is 0.552. The molecule has 2 N–H and O–H groups in total. The van der Waals surface area contributed by atoms with Crippen molar-refractivity contribution in [2.75, 3.05) is 13.2 Å². The Hall–Kier alpha value is -2.55. The molecule has 162 valence electrons. The summed E-state index contributed by atoms with van der Waals surface area (Å²) in [5.74, 6) is 1.28. The van der Waals surface area contributed by atoms with E-state index in [-0.39, 0.29) is 18.9 Å². The number of aryl methyl sites for hydroxylation is 2. The van der Waals surface area contributed by atoms with Gasteiger partial charge in [-0.3, -0.25) is 14.4 Å². The van der Waals surface area contributed by atoms with Gasteiger partial charge < -0.3 is 10.4 Å². The van der Waals surface area contributed by atoms with Crippen molar-refractivity contribution < 1.29 is 9.90 Å². The first-order valence-corrected chi connectivity index (χ1v) is 11.3. The first kappa shape index (κ1) is 21.7. The van der Waals surface area contributed by atoms with Crippen molar-refractivity contribution in [3.8, 4) is 5.00 Å². The van der Waals surface area contributed by atoms with Crippen LogP contribution >= 0.6 is 22.9 Å². The standard InChI is InChI=1S/C22H24ClN5O2S/c1-12-13(2)31-22-19(12)20(15-5-7-16(23)8-6-15)25-17(11-18(30)24-9-4-10-29)21-27-26-14(3)28(21)22/h5-8,17,29H,4,9-11H2,1-3H3,(H,24,30). The number of fused-ring (bicyclic) bond motifs is 3. The molecule has 4 rings (SSSR count). The Morgan fingerprint density at radius 2 is 1.97 bits per heavy atom. The molecule has 7 nitrogen and oxygen atoms in total. The monoisotopic (exact) mass is 457 g/mol. The number of thiophene rings is 1. The molecule has 0 aliphatic carbocycles. The Morgan fingerprint density at radius 3 is 2.68 bits per heavy atom. The topological polar surface area (TPSA) is 92.4 Å². The molecule has 2 aromatic heterocycles. The number of aliphatic hydroxyl groups is 1. The second-order valence-corrected chi connectivity index (χ2v) is 9.18. The highest BCUT2D eigenvalue weighted by atomic mass is 35.5. The van der Waals surface area contributed by atoms with Crippen LogP contribution in [0.3, 0.4) is 0 Å². The van der Waals surface area contributed by atoms with Crippen molar-refractivity contribution in [2.24, 2.45) is 4.99 Å². The third-order valence-electron chi connectivity index (χ3n) is 5.39. The molecular weight excluding hydrogens is 434 g/mol. The summed E-state index contributed by atoms with van der Waals surface area (Å²) < 4.78 is 2.03. The van der Waals surface area contributed by atoms with Gasteiger partial charge >= 0.3 is 0 Å². The fraction of sp³-hybridized carbons (Fsp3) is 0.364. The third-order valence-corrected chi connectivity index (χ3v) is 6.84. The highest BCUT2D eigenvalue weighted by Crippen LogP contribution is 2.39. The molecule has 0 fully saturated rings. The molecule has 0 bridgehead atoms. The van der Waals surface area contributed by atoms with Crippen LogP contribution in [-0.2, 0) is 4.79 Å². The zero-order chi connectivity index (χ0) is 22.1. The van der Waals surface area contributed by atoms with Gasteiger partial charge in [0.05, 0.1) is 12.1 Å². The maximum absolute atomic E-state index is 12.6. The molecule has 0 spiro atoms. The van der Waals surface area contributed by atoms with Crippen LogP contribution in [0.2, 0.25) is 5.02 Å². The van der Waals surface area contributed by atoms with Crippen molar-refractivity contribution >= 4 is 34.6 Å². The smallest absolute Gasteiger partial charge is 0.222 e. The van der Waals surface area contributed by atoms with Crippen molar-refractivity contribution in [1.29, 1.82) is 0 Å². The number of carbonyl (C=O) groups excluding carboxylic acids is 1. The van der Waals surface area contributed by atoms with Crippen LogP contribution in [-0.4, -0.2) is 44.6 Å². The predicted molar refractivity (Wildman–Crippen MR) is 123 cm³/mol. The van der Waals surface area contributed by atoms with Gasteiger partial charge in [-0.15, -0.1) is 21.5 Å². The predicted octanol–water partition coefficient (Wildman–Crippen LogP) is 3.69.